The minimum absolute atomic E-state index is 0.0212. The highest BCUT2D eigenvalue weighted by molar-refractivity contribution is 9.10. The molecule has 0 fully saturated rings. The van der Waals surface area contributed by atoms with Gasteiger partial charge in [0.05, 0.1) is 5.52 Å². The van der Waals surface area contributed by atoms with E-state index in [9.17, 15) is 9.59 Å². The van der Waals surface area contributed by atoms with Gasteiger partial charge in [-0.05, 0) is 30.5 Å². The van der Waals surface area contributed by atoms with Gasteiger partial charge in [-0.2, -0.15) is 0 Å². The fraction of sp³-hybridized carbons (Fsp3) is 0.267. The molecule has 0 spiro atoms. The number of amides is 1. The summed E-state index contributed by atoms with van der Waals surface area (Å²) in [4.78, 5) is 25.8. The lowest BCUT2D eigenvalue weighted by Gasteiger charge is -2.16. The Morgan fingerprint density at radius 2 is 2.24 bits per heavy atom. The third-order valence-corrected chi connectivity index (χ3v) is 3.97. The van der Waals surface area contributed by atoms with E-state index in [0.29, 0.717) is 19.3 Å². The molecule has 0 saturated heterocycles. The minimum Gasteiger partial charge on any atom is -0.481 e. The van der Waals surface area contributed by atoms with E-state index >= 15 is 0 Å². The van der Waals surface area contributed by atoms with Crippen LogP contribution in [0.2, 0.25) is 0 Å². The summed E-state index contributed by atoms with van der Waals surface area (Å²) in [5, 5.41) is 12.5. The Kier molecular flexibility index (Phi) is 5.27. The first-order valence-electron chi connectivity index (χ1n) is 6.55. The van der Waals surface area contributed by atoms with Crippen molar-refractivity contribution >= 4 is 39.2 Å². The summed E-state index contributed by atoms with van der Waals surface area (Å²) in [5.74, 6) is -0.869. The van der Waals surface area contributed by atoms with Crippen molar-refractivity contribution < 1.29 is 14.7 Å². The second-order valence-electron chi connectivity index (χ2n) is 4.72. The molecular formula is C15H15BrN2O3. The number of fused-ring (bicyclic) bond motifs is 1. The molecule has 1 heterocycles. The van der Waals surface area contributed by atoms with Gasteiger partial charge < -0.3 is 10.4 Å². The van der Waals surface area contributed by atoms with Gasteiger partial charge in [-0.15, -0.1) is 0 Å². The van der Waals surface area contributed by atoms with Gasteiger partial charge in [-0.25, -0.2) is 0 Å². The number of pyridine rings is 1. The smallest absolute Gasteiger partial charge is 0.303 e. The van der Waals surface area contributed by atoms with Crippen LogP contribution in [0.3, 0.4) is 0 Å². The highest BCUT2D eigenvalue weighted by Gasteiger charge is 2.14. The number of nitrogens with zero attached hydrogens (tertiary/aromatic N) is 1. The predicted octanol–water partition coefficient (Wildman–Crippen LogP) is 2.52. The molecule has 0 bridgehead atoms. The lowest BCUT2D eigenvalue weighted by atomic mass is 9.99. The SMILES string of the molecule is O=CNC(CCC(=O)O)Cc1ccc(Br)c2cccnc12. The molecule has 5 nitrogen and oxygen atoms in total. The number of halogens is 1. The van der Waals surface area contributed by atoms with Crippen LogP contribution in [0.15, 0.2) is 34.9 Å². The topological polar surface area (TPSA) is 79.3 Å². The number of hydrogen-bond donors (Lipinski definition) is 2. The molecule has 6 heteroatoms. The Labute approximate surface area is 130 Å². The normalized spacial score (nSPS) is 12.0. The maximum atomic E-state index is 10.7. The average Bonchev–Trinajstić information content (AvgIpc) is 2.48. The predicted molar refractivity (Wildman–Crippen MR) is 83.0 cm³/mol. The van der Waals surface area contributed by atoms with E-state index in [0.717, 1.165) is 20.9 Å². The zero-order valence-corrected chi connectivity index (χ0v) is 12.8. The summed E-state index contributed by atoms with van der Waals surface area (Å²) in [7, 11) is 0. The van der Waals surface area contributed by atoms with Crippen LogP contribution in [0, 0.1) is 0 Å². The van der Waals surface area contributed by atoms with Crippen LogP contribution in [0.4, 0.5) is 0 Å². The zero-order valence-electron chi connectivity index (χ0n) is 11.3. The number of hydrogen-bond acceptors (Lipinski definition) is 3. The van der Waals surface area contributed by atoms with E-state index in [1.54, 1.807) is 6.20 Å². The lowest BCUT2D eigenvalue weighted by molar-refractivity contribution is -0.137. The van der Waals surface area contributed by atoms with Crippen molar-refractivity contribution in [2.24, 2.45) is 0 Å². The number of carbonyl (C=O) groups is 2. The Morgan fingerprint density at radius 1 is 1.43 bits per heavy atom. The van der Waals surface area contributed by atoms with Crippen molar-refractivity contribution in [3.63, 3.8) is 0 Å². The van der Waals surface area contributed by atoms with Gasteiger partial charge in [0.2, 0.25) is 6.41 Å². The van der Waals surface area contributed by atoms with E-state index in [-0.39, 0.29) is 12.5 Å². The van der Waals surface area contributed by atoms with Crippen LogP contribution in [0.1, 0.15) is 18.4 Å². The Morgan fingerprint density at radius 3 is 2.95 bits per heavy atom. The highest BCUT2D eigenvalue weighted by Crippen LogP contribution is 2.26. The van der Waals surface area contributed by atoms with Gasteiger partial charge in [0.1, 0.15) is 0 Å². The van der Waals surface area contributed by atoms with Crippen molar-refractivity contribution in [3.8, 4) is 0 Å². The minimum atomic E-state index is -0.869. The molecule has 0 aliphatic heterocycles. The molecule has 1 amide bonds. The van der Waals surface area contributed by atoms with Gasteiger partial charge in [-0.3, -0.25) is 14.6 Å². The molecule has 110 valence electrons. The monoisotopic (exact) mass is 350 g/mol. The molecule has 2 N–H and O–H groups in total. The number of rotatable bonds is 7. The molecule has 0 aliphatic rings. The van der Waals surface area contributed by atoms with Gasteiger partial charge >= 0.3 is 5.97 Å². The highest BCUT2D eigenvalue weighted by atomic mass is 79.9. The van der Waals surface area contributed by atoms with E-state index in [1.165, 1.54) is 0 Å². The van der Waals surface area contributed by atoms with Crippen LogP contribution in [-0.4, -0.2) is 28.5 Å². The van der Waals surface area contributed by atoms with Gasteiger partial charge in [-0.1, -0.05) is 28.1 Å². The third-order valence-electron chi connectivity index (χ3n) is 3.28. The first kappa shape index (κ1) is 15.4. The maximum absolute atomic E-state index is 10.7. The summed E-state index contributed by atoms with van der Waals surface area (Å²) in [6.45, 7) is 0. The van der Waals surface area contributed by atoms with Gasteiger partial charge in [0, 0.05) is 28.5 Å². The summed E-state index contributed by atoms with van der Waals surface area (Å²) < 4.78 is 0.958. The molecule has 1 unspecified atom stereocenters. The first-order valence-corrected chi connectivity index (χ1v) is 7.34. The van der Waals surface area contributed by atoms with E-state index in [4.69, 9.17) is 5.11 Å². The molecular weight excluding hydrogens is 336 g/mol. The lowest BCUT2D eigenvalue weighted by Crippen LogP contribution is -2.30. The Bertz CT molecular complexity index is 660. The van der Waals surface area contributed by atoms with Crippen LogP contribution in [-0.2, 0) is 16.0 Å². The Balaban J connectivity index is 2.26. The van der Waals surface area contributed by atoms with Crippen LogP contribution >= 0.6 is 15.9 Å². The second kappa shape index (κ2) is 7.17. The molecule has 1 atom stereocenters. The number of benzene rings is 1. The third kappa shape index (κ3) is 4.01. The van der Waals surface area contributed by atoms with Crippen molar-refractivity contribution in [1.82, 2.24) is 10.3 Å². The molecule has 1 aromatic heterocycles. The maximum Gasteiger partial charge on any atom is 0.303 e. The number of carboxylic acids is 1. The molecule has 1 aromatic carbocycles. The first-order chi connectivity index (χ1) is 10.1. The summed E-state index contributed by atoms with van der Waals surface area (Å²) in [6.07, 6.45) is 3.29. The zero-order chi connectivity index (χ0) is 15.2. The molecule has 21 heavy (non-hydrogen) atoms. The molecule has 0 aliphatic carbocycles. The molecule has 2 rings (SSSR count). The number of carboxylic acid groups (broad SMARTS) is 1. The van der Waals surface area contributed by atoms with Crippen molar-refractivity contribution in [1.29, 1.82) is 0 Å². The van der Waals surface area contributed by atoms with Crippen molar-refractivity contribution in [3.05, 3.63) is 40.5 Å². The van der Waals surface area contributed by atoms with E-state index in [2.05, 4.69) is 26.2 Å². The molecule has 0 radical (unpaired) electrons. The van der Waals surface area contributed by atoms with Crippen molar-refractivity contribution in [2.45, 2.75) is 25.3 Å². The fourth-order valence-electron chi connectivity index (χ4n) is 2.26. The second-order valence-corrected chi connectivity index (χ2v) is 5.58. The standard InChI is InChI=1S/C15H15BrN2O3/c16-13-5-3-10(15-12(13)2-1-7-17-15)8-11(18-9-19)4-6-14(20)21/h1-3,5,7,9,11H,4,6,8H2,(H,18,19)(H,20,21). The molecule has 0 saturated carbocycles. The summed E-state index contributed by atoms with van der Waals surface area (Å²) in [6, 6.07) is 7.50. The number of aliphatic carboxylic acids is 1. The van der Waals surface area contributed by atoms with E-state index in [1.807, 2.05) is 24.3 Å². The van der Waals surface area contributed by atoms with Crippen LogP contribution in [0.25, 0.3) is 10.9 Å². The fourth-order valence-corrected chi connectivity index (χ4v) is 2.72. The number of nitrogens with one attached hydrogen (secondary N) is 1. The summed E-state index contributed by atoms with van der Waals surface area (Å²) >= 11 is 3.49. The van der Waals surface area contributed by atoms with Crippen LogP contribution in [0.5, 0.6) is 0 Å². The average molecular weight is 351 g/mol. The quantitative estimate of drug-likeness (QED) is 0.752. The summed E-state index contributed by atoms with van der Waals surface area (Å²) in [5.41, 5.74) is 1.85. The van der Waals surface area contributed by atoms with Crippen molar-refractivity contribution in [2.75, 3.05) is 0 Å². The Hall–Kier alpha value is -1.95. The number of carbonyl (C=O) groups excluding carboxylic acids is 1. The van der Waals surface area contributed by atoms with Gasteiger partial charge in [0.15, 0.2) is 0 Å². The molecule has 2 aromatic rings. The van der Waals surface area contributed by atoms with Crippen LogP contribution < -0.4 is 5.32 Å². The van der Waals surface area contributed by atoms with E-state index < -0.39 is 5.97 Å². The van der Waals surface area contributed by atoms with Gasteiger partial charge in [0.25, 0.3) is 0 Å². The largest absolute Gasteiger partial charge is 0.481 e. The number of aromatic nitrogens is 1.